The molecule has 0 aliphatic carbocycles. The highest BCUT2D eigenvalue weighted by Gasteiger charge is 2.37. The van der Waals surface area contributed by atoms with Crippen LogP contribution in [0.3, 0.4) is 0 Å². The summed E-state index contributed by atoms with van der Waals surface area (Å²) in [7, 11) is 0. The Morgan fingerprint density at radius 3 is 2.61 bits per heavy atom. The molecule has 5 rings (SSSR count). The van der Waals surface area contributed by atoms with Crippen LogP contribution in [0.15, 0.2) is 58.7 Å². The first kappa shape index (κ1) is 17.4. The fraction of sp³-hybridized carbons (Fsp3) is 0.273. The number of amides is 1. The Morgan fingerprint density at radius 1 is 1.04 bits per heavy atom. The molecule has 2 atom stereocenters. The van der Waals surface area contributed by atoms with Crippen molar-refractivity contribution in [3.63, 3.8) is 0 Å². The number of pyridine rings is 1. The summed E-state index contributed by atoms with van der Waals surface area (Å²) in [4.78, 5) is 28.8. The van der Waals surface area contributed by atoms with Crippen LogP contribution in [0.1, 0.15) is 28.4 Å². The van der Waals surface area contributed by atoms with Gasteiger partial charge in [-0.25, -0.2) is 4.39 Å². The maximum Gasteiger partial charge on any atom is 0.259 e. The van der Waals surface area contributed by atoms with Crippen molar-refractivity contribution in [2.75, 3.05) is 13.1 Å². The zero-order chi connectivity index (χ0) is 19.3. The minimum atomic E-state index is -0.345. The quantitative estimate of drug-likeness (QED) is 0.660. The molecule has 4 nitrogen and oxygen atoms in total. The van der Waals surface area contributed by atoms with Crippen LogP contribution >= 0.6 is 11.3 Å². The molecule has 2 aromatic heterocycles. The van der Waals surface area contributed by atoms with Crippen LogP contribution in [-0.2, 0) is 6.54 Å². The molecule has 1 saturated heterocycles. The maximum absolute atomic E-state index is 13.2. The summed E-state index contributed by atoms with van der Waals surface area (Å²) in [6, 6.07) is 13.6. The lowest BCUT2D eigenvalue weighted by molar-refractivity contribution is 0.0594. The summed E-state index contributed by atoms with van der Waals surface area (Å²) >= 11 is 1.57. The lowest BCUT2D eigenvalue weighted by atomic mass is 9.82. The van der Waals surface area contributed by atoms with Crippen LogP contribution in [0.2, 0.25) is 0 Å². The number of hydrogen-bond acceptors (Lipinski definition) is 3. The molecule has 4 heterocycles. The molecular weight excluding hydrogens is 375 g/mol. The van der Waals surface area contributed by atoms with E-state index in [1.54, 1.807) is 11.3 Å². The molecule has 1 amide bonds. The predicted molar refractivity (Wildman–Crippen MR) is 107 cm³/mol. The molecule has 1 aromatic carbocycles. The Kier molecular flexibility index (Phi) is 4.16. The van der Waals surface area contributed by atoms with Gasteiger partial charge in [0.15, 0.2) is 0 Å². The molecule has 6 heteroatoms. The molecule has 1 fully saturated rings. The van der Waals surface area contributed by atoms with E-state index >= 15 is 0 Å². The van der Waals surface area contributed by atoms with Crippen molar-refractivity contribution < 1.29 is 9.18 Å². The molecule has 0 unspecified atom stereocenters. The van der Waals surface area contributed by atoms with E-state index in [1.807, 2.05) is 39.1 Å². The number of likely N-dealkylation sites (tertiary alicyclic amines) is 1. The van der Waals surface area contributed by atoms with Gasteiger partial charge in [-0.3, -0.25) is 9.59 Å². The molecule has 142 valence electrons. The average molecular weight is 394 g/mol. The van der Waals surface area contributed by atoms with E-state index in [0.717, 1.165) is 22.6 Å². The van der Waals surface area contributed by atoms with Crippen molar-refractivity contribution in [2.24, 2.45) is 5.92 Å². The second kappa shape index (κ2) is 6.71. The summed E-state index contributed by atoms with van der Waals surface area (Å²) in [6.45, 7) is 1.85. The maximum atomic E-state index is 13.2. The van der Waals surface area contributed by atoms with Crippen LogP contribution in [0, 0.1) is 11.7 Å². The van der Waals surface area contributed by atoms with Gasteiger partial charge < -0.3 is 9.47 Å². The van der Waals surface area contributed by atoms with Crippen LogP contribution in [0.25, 0.3) is 10.4 Å². The van der Waals surface area contributed by atoms with Crippen LogP contribution < -0.4 is 5.56 Å². The van der Waals surface area contributed by atoms with Gasteiger partial charge in [-0.2, -0.15) is 0 Å². The van der Waals surface area contributed by atoms with E-state index in [1.165, 1.54) is 24.3 Å². The summed E-state index contributed by atoms with van der Waals surface area (Å²) in [5, 5.41) is 1.98. The number of halogens is 1. The fourth-order valence-electron chi connectivity index (χ4n) is 4.51. The van der Waals surface area contributed by atoms with Gasteiger partial charge in [0.2, 0.25) is 0 Å². The second-order valence-electron chi connectivity index (χ2n) is 7.58. The number of piperidine rings is 1. The van der Waals surface area contributed by atoms with Crippen molar-refractivity contribution in [2.45, 2.75) is 18.9 Å². The van der Waals surface area contributed by atoms with Gasteiger partial charge in [-0.15, -0.1) is 11.3 Å². The molecule has 0 radical (unpaired) electrons. The topological polar surface area (TPSA) is 42.3 Å². The first-order valence-corrected chi connectivity index (χ1v) is 10.3. The molecule has 0 spiro atoms. The Labute approximate surface area is 165 Å². The van der Waals surface area contributed by atoms with Gasteiger partial charge in [-0.1, -0.05) is 6.07 Å². The van der Waals surface area contributed by atoms with Crippen molar-refractivity contribution in [3.05, 3.63) is 81.3 Å². The Morgan fingerprint density at radius 2 is 1.86 bits per heavy atom. The van der Waals surface area contributed by atoms with Crippen LogP contribution in [0.5, 0.6) is 0 Å². The van der Waals surface area contributed by atoms with Crippen molar-refractivity contribution in [1.82, 2.24) is 9.47 Å². The number of hydrogen-bond donors (Lipinski definition) is 0. The third kappa shape index (κ3) is 2.88. The normalized spacial score (nSPS) is 20.7. The van der Waals surface area contributed by atoms with Crippen molar-refractivity contribution >= 4 is 17.2 Å². The predicted octanol–water partition coefficient (Wildman–Crippen LogP) is 3.98. The highest BCUT2D eigenvalue weighted by molar-refractivity contribution is 7.13. The van der Waals surface area contributed by atoms with Gasteiger partial charge in [0.05, 0.1) is 5.56 Å². The zero-order valence-corrected chi connectivity index (χ0v) is 16.0. The first-order valence-electron chi connectivity index (χ1n) is 9.42. The first-order chi connectivity index (χ1) is 13.6. The van der Waals surface area contributed by atoms with E-state index < -0.39 is 0 Å². The van der Waals surface area contributed by atoms with Gasteiger partial charge in [0.25, 0.3) is 11.5 Å². The number of carbonyl (C=O) groups is 1. The highest BCUT2D eigenvalue weighted by Crippen LogP contribution is 2.36. The molecule has 0 N–H and O–H groups in total. The lowest BCUT2D eigenvalue weighted by Crippen LogP contribution is -2.49. The standard InChI is InChI=1S/C22H19FN2O2S/c23-17-5-3-15(4-6-17)21(26)24-11-14-10-16(13-24)19-8-7-18(20-2-1-9-28-20)22(27)25(19)12-14/h1-9,14,16H,10-13H2/t14-,16+/m0/s1. The van der Waals surface area contributed by atoms with Crippen molar-refractivity contribution in [1.29, 1.82) is 0 Å². The number of carbonyl (C=O) groups excluding carboxylic acids is 1. The summed E-state index contributed by atoms with van der Waals surface area (Å²) in [5.41, 5.74) is 2.33. The van der Waals surface area contributed by atoms with Gasteiger partial charge in [0.1, 0.15) is 5.82 Å². The molecule has 2 bridgehead atoms. The Hall–Kier alpha value is -2.73. The van der Waals surface area contributed by atoms with Gasteiger partial charge >= 0.3 is 0 Å². The summed E-state index contributed by atoms with van der Waals surface area (Å²) in [6.07, 6.45) is 0.991. The molecule has 28 heavy (non-hydrogen) atoms. The summed E-state index contributed by atoms with van der Waals surface area (Å²) in [5.74, 6) is -0.00321. The van der Waals surface area contributed by atoms with Crippen LogP contribution in [0.4, 0.5) is 4.39 Å². The molecular formula is C22H19FN2O2S. The fourth-order valence-corrected chi connectivity index (χ4v) is 5.25. The van der Waals surface area contributed by atoms with Gasteiger partial charge in [0, 0.05) is 41.7 Å². The molecule has 0 saturated carbocycles. The number of thiophene rings is 1. The van der Waals surface area contributed by atoms with E-state index in [0.29, 0.717) is 25.2 Å². The third-order valence-corrected chi connectivity index (χ3v) is 6.67. The Bertz CT molecular complexity index is 1090. The third-order valence-electron chi connectivity index (χ3n) is 5.77. The zero-order valence-electron chi connectivity index (χ0n) is 15.2. The second-order valence-corrected chi connectivity index (χ2v) is 8.53. The number of fused-ring (bicyclic) bond motifs is 4. The Balaban J connectivity index is 1.45. The van der Waals surface area contributed by atoms with E-state index in [9.17, 15) is 14.0 Å². The number of rotatable bonds is 2. The average Bonchev–Trinajstić information content (AvgIpc) is 3.23. The van der Waals surface area contributed by atoms with E-state index in [2.05, 4.69) is 0 Å². The molecule has 3 aromatic rings. The number of nitrogens with zero attached hydrogens (tertiary/aromatic N) is 2. The minimum Gasteiger partial charge on any atom is -0.338 e. The monoisotopic (exact) mass is 394 g/mol. The van der Waals surface area contributed by atoms with Crippen molar-refractivity contribution in [3.8, 4) is 10.4 Å². The molecule has 2 aliphatic heterocycles. The summed E-state index contributed by atoms with van der Waals surface area (Å²) < 4.78 is 15.1. The number of benzene rings is 1. The minimum absolute atomic E-state index is 0.0629. The SMILES string of the molecule is O=C(c1ccc(F)cc1)N1C[C@@H]2C[C@H](C1)c1ccc(-c3cccs3)c(=O)n1C2. The lowest BCUT2D eigenvalue weighted by Gasteiger charge is -2.43. The smallest absolute Gasteiger partial charge is 0.259 e. The highest BCUT2D eigenvalue weighted by atomic mass is 32.1. The van der Waals surface area contributed by atoms with E-state index in [4.69, 9.17) is 0 Å². The largest absolute Gasteiger partial charge is 0.338 e. The van der Waals surface area contributed by atoms with Gasteiger partial charge in [-0.05, 0) is 60.2 Å². The number of aromatic nitrogens is 1. The van der Waals surface area contributed by atoms with Crippen LogP contribution in [-0.4, -0.2) is 28.5 Å². The van der Waals surface area contributed by atoms with E-state index in [-0.39, 0.29) is 29.1 Å². The molecule has 2 aliphatic rings.